The molecule has 2 atom stereocenters. The van der Waals surface area contributed by atoms with Gasteiger partial charge in [0.05, 0.1) is 0 Å². The molecular formula is C23H43AsO. The van der Waals surface area contributed by atoms with Crippen LogP contribution in [0.3, 0.4) is 0 Å². The summed E-state index contributed by atoms with van der Waals surface area (Å²) < 4.78 is 0.559. The van der Waals surface area contributed by atoms with E-state index in [1.807, 2.05) is 16.9 Å². The van der Waals surface area contributed by atoms with Crippen LogP contribution >= 0.6 is 0 Å². The van der Waals surface area contributed by atoms with Crippen LogP contribution in [-0.2, 0) is 6.42 Å². The van der Waals surface area contributed by atoms with Gasteiger partial charge in [0.1, 0.15) is 0 Å². The molecule has 0 aliphatic heterocycles. The van der Waals surface area contributed by atoms with Gasteiger partial charge in [-0.15, -0.1) is 0 Å². The van der Waals surface area contributed by atoms with Gasteiger partial charge in [0.25, 0.3) is 0 Å². The third kappa shape index (κ3) is 9.86. The molecule has 0 heterocycles. The van der Waals surface area contributed by atoms with Crippen LogP contribution in [-0.4, -0.2) is 22.3 Å². The maximum atomic E-state index is 2.40. The van der Waals surface area contributed by atoms with Crippen molar-refractivity contribution in [3.63, 3.8) is 0 Å². The third-order valence-corrected chi connectivity index (χ3v) is 8.56. The minimum atomic E-state index is 0. The van der Waals surface area contributed by atoms with E-state index in [0.717, 1.165) is 5.92 Å². The zero-order chi connectivity index (χ0) is 17.7. The summed E-state index contributed by atoms with van der Waals surface area (Å²) in [7, 11) is 0. The van der Waals surface area contributed by atoms with Crippen LogP contribution in [0.1, 0.15) is 97.0 Å². The van der Waals surface area contributed by atoms with Gasteiger partial charge in [0, 0.05) is 0 Å². The Balaban J connectivity index is 0.00000576. The van der Waals surface area contributed by atoms with Crippen molar-refractivity contribution in [1.29, 1.82) is 0 Å². The molecule has 2 unspecified atom stereocenters. The van der Waals surface area contributed by atoms with E-state index in [1.165, 1.54) is 82.6 Å². The average molecular weight is 411 g/mol. The van der Waals surface area contributed by atoms with Crippen molar-refractivity contribution < 1.29 is 5.48 Å². The summed E-state index contributed by atoms with van der Waals surface area (Å²) in [5, 5.41) is 0. The Morgan fingerprint density at radius 2 is 1.32 bits per heavy atom. The largest absolute Gasteiger partial charge is 0.412 e. The Morgan fingerprint density at radius 3 is 1.84 bits per heavy atom. The van der Waals surface area contributed by atoms with E-state index in [9.17, 15) is 0 Å². The molecule has 0 aromatic heterocycles. The first-order valence-corrected chi connectivity index (χ1v) is 11.7. The number of rotatable bonds is 14. The minimum Gasteiger partial charge on any atom is -0.412 e. The first kappa shape index (κ1) is 24.7. The number of hydrogen-bond donors (Lipinski definition) is 0. The van der Waals surface area contributed by atoms with E-state index >= 15 is 0 Å². The molecular weight excluding hydrogens is 367 g/mol. The van der Waals surface area contributed by atoms with Crippen LogP contribution in [0.25, 0.3) is 0 Å². The molecule has 0 amide bonds. The smallest absolute Gasteiger partial charge is 0.412 e. The Bertz CT molecular complexity index is 400. The van der Waals surface area contributed by atoms with Crippen LogP contribution in [0.15, 0.2) is 30.3 Å². The van der Waals surface area contributed by atoms with E-state index in [4.69, 9.17) is 0 Å². The van der Waals surface area contributed by atoms with E-state index in [1.54, 1.807) is 0 Å². The van der Waals surface area contributed by atoms with Crippen molar-refractivity contribution in [1.82, 2.24) is 0 Å². The predicted molar refractivity (Wildman–Crippen MR) is 116 cm³/mol. The minimum absolute atomic E-state index is 0. The molecule has 0 aliphatic rings. The van der Waals surface area contributed by atoms with Crippen LogP contribution in [0.4, 0.5) is 0 Å². The molecule has 0 saturated heterocycles. The fourth-order valence-corrected chi connectivity index (χ4v) is 4.44. The fraction of sp³-hybridized carbons (Fsp3) is 0.739. The molecule has 0 spiro atoms. The van der Waals surface area contributed by atoms with E-state index in [0.29, 0.717) is 4.20 Å². The summed E-state index contributed by atoms with van der Waals surface area (Å²) in [6, 6.07) is 11.2. The predicted octanol–water partition coefficient (Wildman–Crippen LogP) is 6.16. The van der Waals surface area contributed by atoms with Crippen molar-refractivity contribution >= 4 is 16.9 Å². The quantitative estimate of drug-likeness (QED) is 0.260. The Labute approximate surface area is 166 Å². The van der Waals surface area contributed by atoms with E-state index in [-0.39, 0.29) is 5.48 Å². The molecule has 1 aromatic rings. The van der Waals surface area contributed by atoms with Gasteiger partial charge in [-0.2, -0.15) is 0 Å². The number of benzene rings is 1. The molecule has 1 rings (SSSR count). The first-order valence-electron chi connectivity index (χ1n) is 10.5. The fourth-order valence-electron chi connectivity index (χ4n) is 3.84. The molecule has 0 aliphatic carbocycles. The van der Waals surface area contributed by atoms with Crippen LogP contribution in [0, 0.1) is 5.92 Å². The summed E-state index contributed by atoms with van der Waals surface area (Å²) in [5.41, 5.74) is 1.53. The van der Waals surface area contributed by atoms with Crippen molar-refractivity contribution in [3.05, 3.63) is 35.9 Å². The molecule has 0 radical (unpaired) electrons. The second-order valence-corrected chi connectivity index (χ2v) is 10.0. The topological polar surface area (TPSA) is 31.5 Å². The number of unbranched alkanes of at least 4 members (excludes halogenated alkanes) is 7. The Kier molecular flexibility index (Phi) is 14.7. The van der Waals surface area contributed by atoms with Crippen molar-refractivity contribution in [2.75, 3.05) is 0 Å². The maximum Gasteiger partial charge on any atom is -0.412 e. The summed E-state index contributed by atoms with van der Waals surface area (Å²) >= 11 is 1.99. The van der Waals surface area contributed by atoms with Crippen molar-refractivity contribution in [2.45, 2.75) is 102 Å². The van der Waals surface area contributed by atoms with E-state index in [2.05, 4.69) is 51.1 Å². The van der Waals surface area contributed by atoms with Crippen LogP contribution in [0.2, 0.25) is 4.20 Å². The summed E-state index contributed by atoms with van der Waals surface area (Å²) in [4.78, 5) is 0. The van der Waals surface area contributed by atoms with Gasteiger partial charge in [-0.05, 0) is 0 Å². The van der Waals surface area contributed by atoms with E-state index < -0.39 is 0 Å². The van der Waals surface area contributed by atoms with Gasteiger partial charge in [0.2, 0.25) is 0 Å². The molecule has 0 bridgehead atoms. The molecule has 0 fully saturated rings. The van der Waals surface area contributed by atoms with Gasteiger partial charge < -0.3 is 5.48 Å². The van der Waals surface area contributed by atoms with Gasteiger partial charge in [-0.1, -0.05) is 0 Å². The SMILES string of the molecule is CCCCCCCCCCC(Cc1ccccc1)C([AsH2])(CC)CC.O. The molecule has 25 heavy (non-hydrogen) atoms. The first-order chi connectivity index (χ1) is 11.7. The number of hydrogen-bond acceptors (Lipinski definition) is 0. The Morgan fingerprint density at radius 1 is 0.800 bits per heavy atom. The molecule has 1 aromatic carbocycles. The van der Waals surface area contributed by atoms with Gasteiger partial charge >= 0.3 is 161 Å². The standard InChI is InChI=1S/C23H41As.H2O/c1-4-7-8-9-10-11-12-16-19-22(23(24,5-2)6-3)20-21-17-14-13-15-18-21;/h13-15,17-18,22H,4-12,16,19-20,24H2,1-3H3;1H2. The second-order valence-electron chi connectivity index (χ2n) is 7.59. The molecule has 1 nitrogen and oxygen atoms in total. The van der Waals surface area contributed by atoms with Gasteiger partial charge in [-0.3, -0.25) is 0 Å². The molecule has 0 saturated carbocycles. The summed E-state index contributed by atoms with van der Waals surface area (Å²) in [6.07, 6.45) is 16.8. The molecule has 2 N–H and O–H groups in total. The zero-order valence-electron chi connectivity index (χ0n) is 17.0. The van der Waals surface area contributed by atoms with Crippen molar-refractivity contribution in [3.8, 4) is 0 Å². The van der Waals surface area contributed by atoms with Crippen molar-refractivity contribution in [2.24, 2.45) is 5.92 Å². The molecule has 146 valence electrons. The average Bonchev–Trinajstić information content (AvgIpc) is 2.63. The Hall–Kier alpha value is -0.262. The monoisotopic (exact) mass is 410 g/mol. The third-order valence-electron chi connectivity index (χ3n) is 5.86. The van der Waals surface area contributed by atoms with Crippen LogP contribution < -0.4 is 0 Å². The summed E-state index contributed by atoms with van der Waals surface area (Å²) in [5.74, 6) is 0.856. The normalized spacial score (nSPS) is 12.6. The second kappa shape index (κ2) is 14.9. The summed E-state index contributed by atoms with van der Waals surface area (Å²) in [6.45, 7) is 7.10. The zero-order valence-corrected chi connectivity index (χ0v) is 19.4. The maximum absolute atomic E-state index is 2.40. The van der Waals surface area contributed by atoms with Gasteiger partial charge in [0.15, 0.2) is 0 Å². The van der Waals surface area contributed by atoms with Crippen LogP contribution in [0.5, 0.6) is 0 Å². The van der Waals surface area contributed by atoms with Gasteiger partial charge in [-0.25, -0.2) is 0 Å². The molecule has 2 heteroatoms.